The smallest absolute Gasteiger partial charge is 0.322 e. The van der Waals surface area contributed by atoms with Gasteiger partial charge < -0.3 is 5.32 Å². The van der Waals surface area contributed by atoms with E-state index in [1.807, 2.05) is 17.6 Å². The Kier molecular flexibility index (Phi) is 1.85. The van der Waals surface area contributed by atoms with E-state index < -0.39 is 0 Å². The van der Waals surface area contributed by atoms with Crippen LogP contribution < -0.4 is 10.2 Å². The van der Waals surface area contributed by atoms with E-state index >= 15 is 0 Å². The molecule has 0 aromatic carbocycles. The van der Waals surface area contributed by atoms with Gasteiger partial charge in [-0.1, -0.05) is 0 Å². The van der Waals surface area contributed by atoms with Crippen LogP contribution in [-0.2, 0) is 0 Å². The summed E-state index contributed by atoms with van der Waals surface area (Å²) in [7, 11) is 0. The standard InChI is InChI=1S/C10H9N3OS/c14-10-12-3-4-13(10)8-6-15-9-1-2-11-5-7(8)9/h1-2,5-6H,3-4H2,(H,12,14). The first-order chi connectivity index (χ1) is 7.36. The molecule has 4 nitrogen and oxygen atoms in total. The maximum Gasteiger partial charge on any atom is 0.322 e. The summed E-state index contributed by atoms with van der Waals surface area (Å²) in [5.41, 5.74) is 0.970. The molecule has 1 saturated heterocycles. The summed E-state index contributed by atoms with van der Waals surface area (Å²) < 4.78 is 1.17. The Bertz CT molecular complexity index is 522. The van der Waals surface area contributed by atoms with Gasteiger partial charge in [0.25, 0.3) is 0 Å². The Morgan fingerprint density at radius 1 is 1.53 bits per heavy atom. The second-order valence-corrected chi connectivity index (χ2v) is 4.29. The molecule has 1 aliphatic heterocycles. The molecule has 3 heterocycles. The summed E-state index contributed by atoms with van der Waals surface area (Å²) in [4.78, 5) is 17.4. The Hall–Kier alpha value is -1.62. The molecule has 0 bridgehead atoms. The van der Waals surface area contributed by atoms with Gasteiger partial charge in [-0.2, -0.15) is 0 Å². The van der Waals surface area contributed by atoms with Gasteiger partial charge in [0.2, 0.25) is 0 Å². The number of rotatable bonds is 1. The zero-order chi connectivity index (χ0) is 10.3. The Morgan fingerprint density at radius 3 is 3.27 bits per heavy atom. The highest BCUT2D eigenvalue weighted by Gasteiger charge is 2.23. The highest BCUT2D eigenvalue weighted by atomic mass is 32.1. The molecular weight excluding hydrogens is 210 g/mol. The Labute approximate surface area is 90.5 Å². The highest BCUT2D eigenvalue weighted by molar-refractivity contribution is 7.17. The molecule has 0 unspecified atom stereocenters. The first-order valence-electron chi connectivity index (χ1n) is 4.73. The number of nitrogens with one attached hydrogen (secondary N) is 1. The highest BCUT2D eigenvalue weighted by Crippen LogP contribution is 2.32. The summed E-state index contributed by atoms with van der Waals surface area (Å²) in [5, 5.41) is 5.86. The number of carbonyl (C=O) groups excluding carboxylic acids is 1. The molecule has 3 rings (SSSR count). The monoisotopic (exact) mass is 219 g/mol. The van der Waals surface area contributed by atoms with E-state index in [1.165, 1.54) is 4.70 Å². The van der Waals surface area contributed by atoms with Crippen molar-refractivity contribution in [3.63, 3.8) is 0 Å². The van der Waals surface area contributed by atoms with Gasteiger partial charge in [-0.05, 0) is 6.07 Å². The number of hydrogen-bond acceptors (Lipinski definition) is 3. The second kappa shape index (κ2) is 3.20. The van der Waals surface area contributed by atoms with Crippen LogP contribution >= 0.6 is 11.3 Å². The van der Waals surface area contributed by atoms with Crippen molar-refractivity contribution in [3.8, 4) is 0 Å². The molecule has 2 amide bonds. The average molecular weight is 219 g/mol. The maximum atomic E-state index is 11.5. The van der Waals surface area contributed by atoms with E-state index in [0.29, 0.717) is 0 Å². The summed E-state index contributed by atoms with van der Waals surface area (Å²) in [5.74, 6) is 0. The number of nitrogens with zero attached hydrogens (tertiary/aromatic N) is 2. The lowest BCUT2D eigenvalue weighted by atomic mass is 10.3. The van der Waals surface area contributed by atoms with E-state index in [-0.39, 0.29) is 6.03 Å². The van der Waals surface area contributed by atoms with Gasteiger partial charge in [-0.15, -0.1) is 11.3 Å². The molecule has 0 spiro atoms. The van der Waals surface area contributed by atoms with Crippen molar-refractivity contribution in [2.24, 2.45) is 0 Å². The van der Waals surface area contributed by atoms with Gasteiger partial charge in [-0.3, -0.25) is 9.88 Å². The van der Waals surface area contributed by atoms with Crippen molar-refractivity contribution in [2.45, 2.75) is 0 Å². The number of aromatic nitrogens is 1. The summed E-state index contributed by atoms with van der Waals surface area (Å²) in [6.07, 6.45) is 3.58. The van der Waals surface area contributed by atoms with Gasteiger partial charge in [-0.25, -0.2) is 4.79 Å². The Morgan fingerprint density at radius 2 is 2.47 bits per heavy atom. The number of anilines is 1. The third-order valence-electron chi connectivity index (χ3n) is 2.50. The molecule has 0 atom stereocenters. The van der Waals surface area contributed by atoms with Crippen LogP contribution in [0.4, 0.5) is 10.5 Å². The van der Waals surface area contributed by atoms with Crippen molar-refractivity contribution < 1.29 is 4.79 Å². The fraction of sp³-hybridized carbons (Fsp3) is 0.200. The molecule has 2 aromatic rings. The molecule has 76 valence electrons. The first kappa shape index (κ1) is 8.67. The van der Waals surface area contributed by atoms with E-state index in [4.69, 9.17) is 0 Å². The largest absolute Gasteiger partial charge is 0.336 e. The second-order valence-electron chi connectivity index (χ2n) is 3.38. The SMILES string of the molecule is O=C1NCCN1c1csc2ccncc12. The number of fused-ring (bicyclic) bond motifs is 1. The number of hydrogen-bond donors (Lipinski definition) is 1. The van der Waals surface area contributed by atoms with Gasteiger partial charge in [0.1, 0.15) is 0 Å². The molecule has 1 aliphatic rings. The minimum absolute atomic E-state index is 0.0152. The first-order valence-corrected chi connectivity index (χ1v) is 5.61. The number of pyridine rings is 1. The van der Waals surface area contributed by atoms with Gasteiger partial charge in [0.05, 0.1) is 5.69 Å². The topological polar surface area (TPSA) is 45.2 Å². The molecule has 0 radical (unpaired) electrons. The van der Waals surface area contributed by atoms with E-state index in [1.54, 1.807) is 22.4 Å². The third-order valence-corrected chi connectivity index (χ3v) is 3.45. The van der Waals surface area contributed by atoms with E-state index in [0.717, 1.165) is 24.2 Å². The van der Waals surface area contributed by atoms with Crippen molar-refractivity contribution in [3.05, 3.63) is 23.8 Å². The summed E-state index contributed by atoms with van der Waals surface area (Å²) in [6.45, 7) is 1.45. The molecule has 15 heavy (non-hydrogen) atoms. The van der Waals surface area contributed by atoms with Crippen LogP contribution in [0.25, 0.3) is 10.1 Å². The van der Waals surface area contributed by atoms with Crippen molar-refractivity contribution >= 4 is 33.1 Å². The van der Waals surface area contributed by atoms with Crippen molar-refractivity contribution in [2.75, 3.05) is 18.0 Å². The Balaban J connectivity index is 2.14. The fourth-order valence-corrected chi connectivity index (χ4v) is 2.69. The number of thiophene rings is 1. The lowest BCUT2D eigenvalue weighted by molar-refractivity contribution is 0.252. The van der Waals surface area contributed by atoms with E-state index in [2.05, 4.69) is 10.3 Å². The van der Waals surface area contributed by atoms with Crippen LogP contribution in [0, 0.1) is 0 Å². The average Bonchev–Trinajstić information content (AvgIpc) is 2.83. The minimum Gasteiger partial charge on any atom is -0.336 e. The predicted molar refractivity (Wildman–Crippen MR) is 60.4 cm³/mol. The van der Waals surface area contributed by atoms with Crippen LogP contribution in [0.5, 0.6) is 0 Å². The molecule has 1 fully saturated rings. The van der Waals surface area contributed by atoms with E-state index in [9.17, 15) is 4.79 Å². The van der Waals surface area contributed by atoms with Crippen LogP contribution in [0.15, 0.2) is 23.8 Å². The summed E-state index contributed by atoms with van der Waals surface area (Å²) in [6, 6.07) is 1.95. The lowest BCUT2D eigenvalue weighted by Gasteiger charge is -2.12. The van der Waals surface area contributed by atoms with Crippen LogP contribution in [0.1, 0.15) is 0 Å². The van der Waals surface area contributed by atoms with Gasteiger partial charge in [0, 0.05) is 40.9 Å². The molecule has 0 aliphatic carbocycles. The maximum absolute atomic E-state index is 11.5. The van der Waals surface area contributed by atoms with Gasteiger partial charge in [0.15, 0.2) is 0 Å². The molecular formula is C10H9N3OS. The number of amides is 2. The van der Waals surface area contributed by atoms with Crippen LogP contribution in [0.2, 0.25) is 0 Å². The fourth-order valence-electron chi connectivity index (χ4n) is 1.77. The van der Waals surface area contributed by atoms with Crippen molar-refractivity contribution in [1.29, 1.82) is 0 Å². The lowest BCUT2D eigenvalue weighted by Crippen LogP contribution is -2.27. The van der Waals surface area contributed by atoms with Crippen LogP contribution in [-0.4, -0.2) is 24.1 Å². The zero-order valence-electron chi connectivity index (χ0n) is 7.93. The molecule has 5 heteroatoms. The minimum atomic E-state index is -0.0152. The normalized spacial score (nSPS) is 16.0. The number of carbonyl (C=O) groups is 1. The third kappa shape index (κ3) is 1.27. The molecule has 0 saturated carbocycles. The number of urea groups is 1. The van der Waals surface area contributed by atoms with Gasteiger partial charge >= 0.3 is 6.03 Å². The van der Waals surface area contributed by atoms with Crippen LogP contribution in [0.3, 0.4) is 0 Å². The zero-order valence-corrected chi connectivity index (χ0v) is 8.75. The summed E-state index contributed by atoms with van der Waals surface area (Å²) >= 11 is 1.64. The van der Waals surface area contributed by atoms with Crippen molar-refractivity contribution in [1.82, 2.24) is 10.3 Å². The quantitative estimate of drug-likeness (QED) is 0.795. The molecule has 1 N–H and O–H groups in total. The predicted octanol–water partition coefficient (Wildman–Crippen LogP) is 1.83. The molecule has 2 aromatic heterocycles.